The maximum Gasteiger partial charge on any atom is 0.472 e. The first kappa shape index (κ1) is 66.7. The summed E-state index contributed by atoms with van der Waals surface area (Å²) in [5, 5.41) is 9.80. The molecule has 0 bridgehead atoms. The van der Waals surface area contributed by atoms with Gasteiger partial charge in [0.1, 0.15) is 12.7 Å². The van der Waals surface area contributed by atoms with Gasteiger partial charge in [0.05, 0.1) is 19.8 Å². The second-order valence-electron chi connectivity index (χ2n) is 18.0. The largest absolute Gasteiger partial charge is 0.472 e. The zero-order valence-corrected chi connectivity index (χ0v) is 45.1. The van der Waals surface area contributed by atoms with Crippen molar-refractivity contribution in [2.24, 2.45) is 0 Å². The van der Waals surface area contributed by atoms with Crippen LogP contribution in [0.25, 0.3) is 0 Å². The topological polar surface area (TPSA) is 155 Å². The van der Waals surface area contributed by atoms with E-state index < -0.39 is 57.8 Å². The second kappa shape index (κ2) is 52.0. The Hall–Kier alpha value is -3.34. The Morgan fingerprint density at radius 2 is 0.771 bits per heavy atom. The van der Waals surface area contributed by atoms with Gasteiger partial charge in [-0.1, -0.05) is 189 Å². The van der Waals surface area contributed by atoms with Gasteiger partial charge in [-0.25, -0.2) is 4.57 Å². The minimum absolute atomic E-state index is 0.0991. The molecule has 0 saturated heterocycles. The van der Waals surface area contributed by atoms with Crippen molar-refractivity contribution >= 4 is 25.7 Å². The van der Waals surface area contributed by atoms with Crippen molar-refractivity contribution in [2.75, 3.05) is 26.4 Å². The van der Waals surface area contributed by atoms with E-state index in [0.717, 1.165) is 109 Å². The van der Waals surface area contributed by atoms with Crippen LogP contribution in [0.5, 0.6) is 0 Å². The number of phosphoric ester groups is 1. The Morgan fingerprint density at radius 1 is 0.414 bits per heavy atom. The van der Waals surface area contributed by atoms with Gasteiger partial charge in [0.15, 0.2) is 6.10 Å². The van der Waals surface area contributed by atoms with Crippen LogP contribution in [0.1, 0.15) is 226 Å². The molecule has 0 amide bonds. The first-order valence-electron chi connectivity index (χ1n) is 27.5. The van der Waals surface area contributed by atoms with Crippen LogP contribution in [-0.4, -0.2) is 66.5 Å². The summed E-state index contributed by atoms with van der Waals surface area (Å²) >= 11 is 0. The van der Waals surface area contributed by atoms with Gasteiger partial charge in [-0.3, -0.25) is 23.4 Å². The first-order chi connectivity index (χ1) is 34.2. The zero-order valence-electron chi connectivity index (χ0n) is 44.2. The van der Waals surface area contributed by atoms with Crippen molar-refractivity contribution in [1.82, 2.24) is 0 Å². The molecule has 3 unspecified atom stereocenters. The molecule has 0 radical (unpaired) electrons. The lowest BCUT2D eigenvalue weighted by Gasteiger charge is -2.21. The van der Waals surface area contributed by atoms with Crippen LogP contribution in [0.15, 0.2) is 85.1 Å². The van der Waals surface area contributed by atoms with Crippen molar-refractivity contribution in [2.45, 2.75) is 238 Å². The lowest BCUT2D eigenvalue weighted by molar-refractivity contribution is -0.161. The summed E-state index contributed by atoms with van der Waals surface area (Å²) in [5.74, 6) is -1.59. The van der Waals surface area contributed by atoms with Gasteiger partial charge in [-0.15, -0.1) is 0 Å². The SMILES string of the molecule is CC/C=C\C/C=C\C/C=C\C/C=C\CCC(=O)OCC(COP(=O)(O)OCC(CO)OC(=O)CCCCCCC/C=C\CCCCCCCC)OC(=O)CCCCCCC/C=C\C/C=C\CCCCC. The third kappa shape index (κ3) is 49.6. The Kier molecular flexibility index (Phi) is 49.5. The molecule has 3 atom stereocenters. The van der Waals surface area contributed by atoms with Crippen LogP contribution >= 0.6 is 7.82 Å². The summed E-state index contributed by atoms with van der Waals surface area (Å²) < 4.78 is 39.3. The maximum absolute atomic E-state index is 12.9. The molecule has 0 aliphatic carbocycles. The van der Waals surface area contributed by atoms with Crippen molar-refractivity contribution in [3.8, 4) is 0 Å². The van der Waals surface area contributed by atoms with E-state index >= 15 is 0 Å². The van der Waals surface area contributed by atoms with Crippen LogP contribution in [0.2, 0.25) is 0 Å². The Labute approximate surface area is 426 Å². The number of hydrogen-bond donors (Lipinski definition) is 2. The van der Waals surface area contributed by atoms with Crippen molar-refractivity contribution in [3.05, 3.63) is 85.1 Å². The Bertz CT molecular complexity index is 1500. The highest BCUT2D eigenvalue weighted by Crippen LogP contribution is 2.43. The maximum atomic E-state index is 12.9. The normalized spacial score (nSPS) is 14.1. The standard InChI is InChI=1S/C58H99O11P/c1-4-7-10-13-16-19-22-25-27-30-33-36-39-42-45-48-57(61)68-54(50-59)52-66-70(63,64)67-53-55(51-65-56(60)47-44-41-38-35-32-29-24-21-18-15-12-9-6-3)69-58(62)49-46-43-40-37-34-31-28-26-23-20-17-14-11-8-5-2/h9,12,17-18,20-21,25-29,32,38,41,54-55,59H,4-8,10-11,13-16,19,22-24,30-31,33-37,39-40,42-53H2,1-3H3,(H,63,64)/b12-9-,20-17-,21-18-,27-25-,28-26-,32-29-,41-38-. The van der Waals surface area contributed by atoms with Crippen molar-refractivity contribution < 1.29 is 52.2 Å². The van der Waals surface area contributed by atoms with Crippen molar-refractivity contribution in [3.63, 3.8) is 0 Å². The van der Waals surface area contributed by atoms with E-state index in [0.29, 0.717) is 19.3 Å². The molecule has 0 heterocycles. The molecule has 0 saturated carbocycles. The van der Waals surface area contributed by atoms with Crippen LogP contribution < -0.4 is 0 Å². The fraction of sp³-hybridized carbons (Fsp3) is 0.707. The molecule has 12 heteroatoms. The lowest BCUT2D eigenvalue weighted by Crippen LogP contribution is -2.30. The fourth-order valence-electron chi connectivity index (χ4n) is 7.10. The molecular weight excluding hydrogens is 904 g/mol. The number of aliphatic hydroxyl groups excluding tert-OH is 1. The first-order valence-corrected chi connectivity index (χ1v) is 29.0. The summed E-state index contributed by atoms with van der Waals surface area (Å²) in [7, 11) is -4.77. The second-order valence-corrected chi connectivity index (χ2v) is 19.5. The number of unbranched alkanes of at least 4 members (excludes halogenated alkanes) is 19. The quantitative estimate of drug-likeness (QED) is 0.0197. The van der Waals surface area contributed by atoms with Gasteiger partial charge < -0.3 is 24.2 Å². The molecule has 0 aliphatic heterocycles. The molecule has 2 N–H and O–H groups in total. The third-order valence-electron chi connectivity index (χ3n) is 11.3. The number of hydrogen-bond acceptors (Lipinski definition) is 10. The number of allylic oxidation sites excluding steroid dienone is 14. The van der Waals surface area contributed by atoms with Gasteiger partial charge >= 0.3 is 25.7 Å². The van der Waals surface area contributed by atoms with Gasteiger partial charge in [0.2, 0.25) is 0 Å². The lowest BCUT2D eigenvalue weighted by atomic mass is 10.1. The third-order valence-corrected chi connectivity index (χ3v) is 12.2. The molecule has 0 aromatic rings. The van der Waals surface area contributed by atoms with Crippen molar-refractivity contribution in [1.29, 1.82) is 0 Å². The fourth-order valence-corrected chi connectivity index (χ4v) is 7.88. The van der Waals surface area contributed by atoms with Gasteiger partial charge in [-0.05, 0) is 103 Å². The van der Waals surface area contributed by atoms with Gasteiger partial charge in [-0.2, -0.15) is 0 Å². The summed E-state index contributed by atoms with van der Waals surface area (Å²) in [4.78, 5) is 48.4. The monoisotopic (exact) mass is 1000 g/mol. The Balaban J connectivity index is 4.81. The number of ether oxygens (including phenoxy) is 3. The van der Waals surface area contributed by atoms with Crippen LogP contribution in [-0.2, 0) is 42.2 Å². The van der Waals surface area contributed by atoms with E-state index in [1.807, 2.05) is 12.2 Å². The predicted molar refractivity (Wildman–Crippen MR) is 288 cm³/mol. The minimum atomic E-state index is -4.77. The summed E-state index contributed by atoms with van der Waals surface area (Å²) in [5.41, 5.74) is 0. The highest BCUT2D eigenvalue weighted by Gasteiger charge is 2.28. The van der Waals surface area contributed by atoms with Crippen LogP contribution in [0.4, 0.5) is 0 Å². The average molecular weight is 1000 g/mol. The Morgan fingerprint density at radius 3 is 1.24 bits per heavy atom. The van der Waals surface area contributed by atoms with E-state index in [1.54, 1.807) is 0 Å². The number of carbonyl (C=O) groups is 3. The molecule has 0 aromatic carbocycles. The smallest absolute Gasteiger partial charge is 0.462 e. The molecule has 11 nitrogen and oxygen atoms in total. The minimum Gasteiger partial charge on any atom is -0.462 e. The summed E-state index contributed by atoms with van der Waals surface area (Å²) in [6.07, 6.45) is 58.5. The number of phosphoric acid groups is 1. The van der Waals surface area contributed by atoms with E-state index in [-0.39, 0.29) is 25.9 Å². The van der Waals surface area contributed by atoms with Gasteiger partial charge in [0, 0.05) is 19.3 Å². The number of carbonyl (C=O) groups excluding carboxylic acids is 3. The highest BCUT2D eigenvalue weighted by atomic mass is 31.2. The van der Waals surface area contributed by atoms with Crippen LogP contribution in [0, 0.1) is 0 Å². The highest BCUT2D eigenvalue weighted by molar-refractivity contribution is 7.47. The van der Waals surface area contributed by atoms with E-state index in [4.69, 9.17) is 23.3 Å². The molecule has 0 rings (SSSR count). The van der Waals surface area contributed by atoms with E-state index in [2.05, 4.69) is 93.7 Å². The van der Waals surface area contributed by atoms with E-state index in [1.165, 1.54) is 57.8 Å². The van der Waals surface area contributed by atoms with Crippen LogP contribution in [0.3, 0.4) is 0 Å². The summed E-state index contributed by atoms with van der Waals surface area (Å²) in [6, 6.07) is 0. The van der Waals surface area contributed by atoms with E-state index in [9.17, 15) is 28.9 Å². The molecule has 0 spiro atoms. The number of rotatable bonds is 50. The zero-order chi connectivity index (χ0) is 51.3. The number of aliphatic hydroxyl groups is 1. The molecule has 0 aromatic heterocycles. The molecule has 0 fully saturated rings. The predicted octanol–water partition coefficient (Wildman–Crippen LogP) is 15.9. The number of esters is 3. The molecule has 70 heavy (non-hydrogen) atoms. The molecule has 0 aliphatic rings. The average Bonchev–Trinajstić information content (AvgIpc) is 3.35. The summed E-state index contributed by atoms with van der Waals surface area (Å²) in [6.45, 7) is 4.38. The van der Waals surface area contributed by atoms with Gasteiger partial charge in [0.25, 0.3) is 0 Å². The molecule has 402 valence electrons. The molecular formula is C58H99O11P.